The maximum absolute atomic E-state index is 12.7. The van der Waals surface area contributed by atoms with Crippen LogP contribution in [0.1, 0.15) is 26.2 Å². The Morgan fingerprint density at radius 2 is 1.92 bits per heavy atom. The predicted molar refractivity (Wildman–Crippen MR) is 109 cm³/mol. The second-order valence-electron chi connectivity index (χ2n) is 6.52. The van der Waals surface area contributed by atoms with Crippen molar-refractivity contribution >= 4 is 39.2 Å². The number of thiophene rings is 1. The summed E-state index contributed by atoms with van der Waals surface area (Å²) in [5.41, 5.74) is 1.18. The first-order chi connectivity index (χ1) is 12.7. The highest BCUT2D eigenvalue weighted by atomic mass is 32.2. The van der Waals surface area contributed by atoms with Gasteiger partial charge in [0, 0.05) is 23.4 Å². The second-order valence-corrected chi connectivity index (χ2v) is 8.88. The molecule has 2 aromatic heterocycles. The molecule has 1 aliphatic heterocycles. The zero-order valence-corrected chi connectivity index (χ0v) is 16.4. The number of fused-ring (bicyclic) bond motifs is 1. The lowest BCUT2D eigenvalue weighted by atomic mass is 10.1. The Balaban J connectivity index is 1.58. The zero-order valence-electron chi connectivity index (χ0n) is 14.7. The van der Waals surface area contributed by atoms with Crippen LogP contribution in [0.2, 0.25) is 0 Å². The summed E-state index contributed by atoms with van der Waals surface area (Å²) >= 11 is 3.22. The molecule has 4 nitrogen and oxygen atoms in total. The number of carbonyl (C=O) groups is 1. The van der Waals surface area contributed by atoms with E-state index < -0.39 is 0 Å². The molecule has 0 unspecified atom stereocenters. The van der Waals surface area contributed by atoms with E-state index in [2.05, 4.69) is 28.2 Å². The molecule has 134 valence electrons. The van der Waals surface area contributed by atoms with Gasteiger partial charge in [0.05, 0.1) is 5.25 Å². The van der Waals surface area contributed by atoms with Crippen molar-refractivity contribution in [1.82, 2.24) is 14.9 Å². The summed E-state index contributed by atoms with van der Waals surface area (Å²) in [6.07, 6.45) is 5.07. The Kier molecular flexibility index (Phi) is 5.22. The molecule has 3 aromatic rings. The van der Waals surface area contributed by atoms with Gasteiger partial charge in [-0.25, -0.2) is 9.97 Å². The second kappa shape index (κ2) is 7.76. The Morgan fingerprint density at radius 3 is 2.69 bits per heavy atom. The third kappa shape index (κ3) is 3.62. The molecule has 0 radical (unpaired) electrons. The number of aromatic nitrogens is 2. The van der Waals surface area contributed by atoms with Gasteiger partial charge < -0.3 is 4.90 Å². The molecule has 3 heterocycles. The van der Waals surface area contributed by atoms with Crippen LogP contribution in [0, 0.1) is 0 Å². The lowest BCUT2D eigenvalue weighted by molar-refractivity contribution is -0.131. The molecule has 26 heavy (non-hydrogen) atoms. The lowest BCUT2D eigenvalue weighted by Crippen LogP contribution is -2.40. The molecule has 0 N–H and O–H groups in total. The number of nitrogens with zero attached hydrogens (tertiary/aromatic N) is 3. The third-order valence-corrected chi connectivity index (χ3v) is 6.85. The highest BCUT2D eigenvalue weighted by molar-refractivity contribution is 8.00. The average molecular weight is 384 g/mol. The number of hydrogen-bond donors (Lipinski definition) is 0. The number of hydrogen-bond acceptors (Lipinski definition) is 5. The van der Waals surface area contributed by atoms with Crippen molar-refractivity contribution in [2.75, 3.05) is 13.1 Å². The molecule has 1 atom stereocenters. The first kappa shape index (κ1) is 17.5. The molecule has 6 heteroatoms. The van der Waals surface area contributed by atoms with Crippen LogP contribution in [-0.4, -0.2) is 39.1 Å². The highest BCUT2D eigenvalue weighted by Crippen LogP contribution is 2.37. The maximum atomic E-state index is 12.7. The van der Waals surface area contributed by atoms with E-state index in [1.54, 1.807) is 29.4 Å². The van der Waals surface area contributed by atoms with Crippen molar-refractivity contribution in [2.45, 2.75) is 36.5 Å². The van der Waals surface area contributed by atoms with Crippen LogP contribution in [0.5, 0.6) is 0 Å². The highest BCUT2D eigenvalue weighted by Gasteiger charge is 2.24. The Labute approximate surface area is 161 Å². The molecule has 1 aliphatic rings. The van der Waals surface area contributed by atoms with Crippen molar-refractivity contribution in [1.29, 1.82) is 0 Å². The van der Waals surface area contributed by atoms with Crippen LogP contribution >= 0.6 is 23.1 Å². The van der Waals surface area contributed by atoms with Gasteiger partial charge >= 0.3 is 0 Å². The number of carbonyl (C=O) groups excluding carboxylic acids is 1. The van der Waals surface area contributed by atoms with Gasteiger partial charge in [0.2, 0.25) is 5.91 Å². The van der Waals surface area contributed by atoms with E-state index in [9.17, 15) is 4.79 Å². The van der Waals surface area contributed by atoms with Gasteiger partial charge in [-0.1, -0.05) is 42.1 Å². The van der Waals surface area contributed by atoms with Gasteiger partial charge in [-0.3, -0.25) is 4.79 Å². The third-order valence-electron chi connectivity index (χ3n) is 4.66. The summed E-state index contributed by atoms with van der Waals surface area (Å²) in [5.74, 6) is 0.222. The number of thioether (sulfide) groups is 1. The summed E-state index contributed by atoms with van der Waals surface area (Å²) in [4.78, 5) is 25.8. The molecule has 0 bridgehead atoms. The Morgan fingerprint density at radius 1 is 1.15 bits per heavy atom. The van der Waals surface area contributed by atoms with E-state index in [0.717, 1.165) is 41.2 Å². The predicted octanol–water partition coefficient (Wildman–Crippen LogP) is 4.85. The van der Waals surface area contributed by atoms with Crippen LogP contribution in [0.25, 0.3) is 20.7 Å². The van der Waals surface area contributed by atoms with Crippen molar-refractivity contribution in [3.8, 4) is 10.4 Å². The minimum Gasteiger partial charge on any atom is -0.342 e. The molecule has 1 saturated heterocycles. The smallest absolute Gasteiger partial charge is 0.235 e. The summed E-state index contributed by atoms with van der Waals surface area (Å²) in [6.45, 7) is 3.76. The molecule has 0 aliphatic carbocycles. The Bertz CT molecular complexity index is 904. The molecule has 4 rings (SSSR count). The van der Waals surface area contributed by atoms with E-state index >= 15 is 0 Å². The van der Waals surface area contributed by atoms with Crippen molar-refractivity contribution in [2.24, 2.45) is 0 Å². The van der Waals surface area contributed by atoms with Crippen LogP contribution in [-0.2, 0) is 4.79 Å². The van der Waals surface area contributed by atoms with Crippen LogP contribution < -0.4 is 0 Å². The van der Waals surface area contributed by atoms with Crippen LogP contribution in [0.3, 0.4) is 0 Å². The number of rotatable bonds is 4. The van der Waals surface area contributed by atoms with E-state index in [1.807, 2.05) is 30.0 Å². The normalized spacial score (nSPS) is 16.0. The molecule has 1 fully saturated rings. The summed E-state index contributed by atoms with van der Waals surface area (Å²) in [5, 5.41) is 1.80. The van der Waals surface area contributed by atoms with Gasteiger partial charge in [-0.15, -0.1) is 11.3 Å². The van der Waals surface area contributed by atoms with Gasteiger partial charge in [-0.2, -0.15) is 0 Å². The lowest BCUT2D eigenvalue weighted by Gasteiger charge is -2.28. The average Bonchev–Trinajstić information content (AvgIpc) is 3.14. The standard InChI is InChI=1S/C20H21N3OS2/c1-14(20(24)23-10-6-3-7-11-23)25-18-16-12-17(15-8-4-2-5-9-15)26-19(16)22-13-21-18/h2,4-5,8-9,12-14H,3,6-7,10-11H2,1H3/t14-/m1/s1. The molecule has 0 saturated carbocycles. The van der Waals surface area contributed by atoms with Gasteiger partial charge in [0.15, 0.2) is 0 Å². The maximum Gasteiger partial charge on any atom is 0.235 e. The Hall–Kier alpha value is -1.92. The first-order valence-electron chi connectivity index (χ1n) is 8.98. The SMILES string of the molecule is C[C@@H](Sc1ncnc2sc(-c3ccccc3)cc12)C(=O)N1CCCCC1. The van der Waals surface area contributed by atoms with Crippen molar-refractivity contribution in [3.63, 3.8) is 0 Å². The van der Waals surface area contributed by atoms with Crippen molar-refractivity contribution < 1.29 is 4.79 Å². The van der Waals surface area contributed by atoms with E-state index in [4.69, 9.17) is 0 Å². The molecular formula is C20H21N3OS2. The molecule has 1 aromatic carbocycles. The number of benzene rings is 1. The van der Waals surface area contributed by atoms with Crippen molar-refractivity contribution in [3.05, 3.63) is 42.7 Å². The quantitative estimate of drug-likeness (QED) is 0.477. The van der Waals surface area contributed by atoms with E-state index in [1.165, 1.54) is 16.9 Å². The fourth-order valence-corrected chi connectivity index (χ4v) is 5.31. The van der Waals surface area contributed by atoms with Gasteiger partial charge in [0.1, 0.15) is 16.2 Å². The zero-order chi connectivity index (χ0) is 17.9. The minimum absolute atomic E-state index is 0.133. The minimum atomic E-state index is -0.133. The van der Waals surface area contributed by atoms with E-state index in [-0.39, 0.29) is 11.2 Å². The first-order valence-corrected chi connectivity index (χ1v) is 10.7. The van der Waals surface area contributed by atoms with Gasteiger partial charge in [-0.05, 0) is 37.8 Å². The largest absolute Gasteiger partial charge is 0.342 e. The molecular weight excluding hydrogens is 362 g/mol. The molecule has 1 amide bonds. The van der Waals surface area contributed by atoms with Gasteiger partial charge in [0.25, 0.3) is 0 Å². The summed E-state index contributed by atoms with van der Waals surface area (Å²) < 4.78 is 0. The summed E-state index contributed by atoms with van der Waals surface area (Å²) in [7, 11) is 0. The number of likely N-dealkylation sites (tertiary alicyclic amines) is 1. The fraction of sp³-hybridized carbons (Fsp3) is 0.350. The van der Waals surface area contributed by atoms with Crippen LogP contribution in [0.15, 0.2) is 47.8 Å². The topological polar surface area (TPSA) is 46.1 Å². The number of piperidine rings is 1. The monoisotopic (exact) mass is 383 g/mol. The van der Waals surface area contributed by atoms with E-state index in [0.29, 0.717) is 0 Å². The number of amides is 1. The fourth-order valence-electron chi connectivity index (χ4n) is 3.26. The summed E-state index contributed by atoms with van der Waals surface area (Å²) in [6, 6.07) is 12.5. The van der Waals surface area contributed by atoms with Crippen LogP contribution in [0.4, 0.5) is 0 Å². The molecule has 0 spiro atoms.